The van der Waals surface area contributed by atoms with Crippen molar-refractivity contribution in [2.45, 2.75) is 5.22 Å². The summed E-state index contributed by atoms with van der Waals surface area (Å²) in [5, 5.41) is 11.1. The minimum atomic E-state index is -0.246. The summed E-state index contributed by atoms with van der Waals surface area (Å²) in [6, 6.07) is 10.6. The molecule has 3 rings (SSSR count). The van der Waals surface area contributed by atoms with E-state index >= 15 is 0 Å². The molecule has 1 N–H and O–H groups in total. The lowest BCUT2D eigenvalue weighted by atomic mass is 10.2. The fraction of sp³-hybridized carbons (Fsp3) is 0.125. The first-order valence-electron chi connectivity index (χ1n) is 7.17. The standard InChI is InChI=1S/C16H13ClN4O3S/c1-23-11-6-4-10(5-7-11)15-20-21-16(24-15)25-9-13(22)19-12-3-2-8-18-14(12)17/h2-8H,9H2,1H3,(H,19,22). The Morgan fingerprint density at radius 1 is 1.28 bits per heavy atom. The zero-order valence-corrected chi connectivity index (χ0v) is 14.7. The van der Waals surface area contributed by atoms with E-state index in [1.807, 2.05) is 12.1 Å². The summed E-state index contributed by atoms with van der Waals surface area (Å²) in [4.78, 5) is 15.9. The molecule has 2 aromatic heterocycles. The van der Waals surface area contributed by atoms with Crippen LogP contribution in [0.3, 0.4) is 0 Å². The molecule has 0 atom stereocenters. The van der Waals surface area contributed by atoms with Crippen molar-refractivity contribution >= 4 is 35.0 Å². The number of nitrogens with one attached hydrogen (secondary N) is 1. The number of anilines is 1. The minimum Gasteiger partial charge on any atom is -0.497 e. The summed E-state index contributed by atoms with van der Waals surface area (Å²) in [5.41, 5.74) is 1.23. The number of carbonyl (C=O) groups is 1. The number of amides is 1. The SMILES string of the molecule is COc1ccc(-c2nnc(SCC(=O)Nc3cccnc3Cl)o2)cc1. The first kappa shape index (κ1) is 17.2. The van der Waals surface area contributed by atoms with Crippen LogP contribution in [0.25, 0.3) is 11.5 Å². The Morgan fingerprint density at radius 2 is 2.08 bits per heavy atom. The lowest BCUT2D eigenvalue weighted by molar-refractivity contribution is -0.113. The number of halogens is 1. The van der Waals surface area contributed by atoms with E-state index in [0.717, 1.165) is 23.1 Å². The van der Waals surface area contributed by atoms with Gasteiger partial charge >= 0.3 is 0 Å². The van der Waals surface area contributed by atoms with Crippen LogP contribution in [0.4, 0.5) is 5.69 Å². The van der Waals surface area contributed by atoms with Crippen LogP contribution in [0.2, 0.25) is 5.15 Å². The molecule has 0 bridgehead atoms. The quantitative estimate of drug-likeness (QED) is 0.519. The van der Waals surface area contributed by atoms with Crippen molar-refractivity contribution in [3.05, 3.63) is 47.7 Å². The number of methoxy groups -OCH3 is 1. The highest BCUT2D eigenvalue weighted by Gasteiger charge is 2.12. The van der Waals surface area contributed by atoms with Gasteiger partial charge in [0.15, 0.2) is 5.15 Å². The van der Waals surface area contributed by atoms with Crippen molar-refractivity contribution in [3.8, 4) is 17.2 Å². The van der Waals surface area contributed by atoms with Crippen molar-refractivity contribution in [3.63, 3.8) is 0 Å². The van der Waals surface area contributed by atoms with E-state index in [1.54, 1.807) is 37.6 Å². The number of carbonyl (C=O) groups excluding carboxylic acids is 1. The van der Waals surface area contributed by atoms with Crippen LogP contribution in [0.15, 0.2) is 52.2 Å². The summed E-state index contributed by atoms with van der Waals surface area (Å²) in [6.45, 7) is 0. The highest BCUT2D eigenvalue weighted by molar-refractivity contribution is 7.99. The normalized spacial score (nSPS) is 10.5. The molecule has 3 aromatic rings. The van der Waals surface area contributed by atoms with Crippen molar-refractivity contribution in [1.82, 2.24) is 15.2 Å². The van der Waals surface area contributed by atoms with Gasteiger partial charge in [0.2, 0.25) is 11.8 Å². The molecule has 0 aliphatic carbocycles. The lowest BCUT2D eigenvalue weighted by Crippen LogP contribution is -2.14. The van der Waals surface area contributed by atoms with E-state index in [9.17, 15) is 4.79 Å². The Morgan fingerprint density at radius 3 is 2.80 bits per heavy atom. The van der Waals surface area contributed by atoms with Gasteiger partial charge in [-0.15, -0.1) is 10.2 Å². The second-order valence-electron chi connectivity index (χ2n) is 4.78. The van der Waals surface area contributed by atoms with Gasteiger partial charge in [-0.2, -0.15) is 0 Å². The summed E-state index contributed by atoms with van der Waals surface area (Å²) < 4.78 is 10.7. The Hall–Kier alpha value is -2.58. The molecule has 1 aromatic carbocycles. The zero-order valence-electron chi connectivity index (χ0n) is 13.1. The number of hydrogen-bond donors (Lipinski definition) is 1. The number of benzene rings is 1. The van der Waals surface area contributed by atoms with Crippen LogP contribution in [-0.4, -0.2) is 34.0 Å². The van der Waals surface area contributed by atoms with E-state index in [0.29, 0.717) is 16.8 Å². The number of thioether (sulfide) groups is 1. The van der Waals surface area contributed by atoms with E-state index in [4.69, 9.17) is 20.8 Å². The Bertz CT molecular complexity index is 870. The molecule has 0 radical (unpaired) electrons. The number of ether oxygens (including phenoxy) is 1. The summed E-state index contributed by atoms with van der Waals surface area (Å²) in [6.07, 6.45) is 1.55. The molecule has 2 heterocycles. The van der Waals surface area contributed by atoms with Gasteiger partial charge in [0.25, 0.3) is 5.22 Å². The molecule has 128 valence electrons. The topological polar surface area (TPSA) is 90.1 Å². The first-order chi connectivity index (χ1) is 12.2. The summed E-state index contributed by atoms with van der Waals surface area (Å²) in [7, 11) is 1.60. The Balaban J connectivity index is 1.58. The van der Waals surface area contributed by atoms with E-state index < -0.39 is 0 Å². The van der Waals surface area contributed by atoms with Crippen LogP contribution in [0.5, 0.6) is 5.75 Å². The van der Waals surface area contributed by atoms with E-state index in [2.05, 4.69) is 20.5 Å². The molecule has 25 heavy (non-hydrogen) atoms. The van der Waals surface area contributed by atoms with Crippen molar-refractivity contribution < 1.29 is 13.9 Å². The van der Waals surface area contributed by atoms with Gasteiger partial charge in [-0.3, -0.25) is 4.79 Å². The molecule has 1 amide bonds. The van der Waals surface area contributed by atoms with Crippen LogP contribution < -0.4 is 10.1 Å². The van der Waals surface area contributed by atoms with Crippen LogP contribution in [0, 0.1) is 0 Å². The average Bonchev–Trinajstić information content (AvgIpc) is 3.11. The van der Waals surface area contributed by atoms with Crippen LogP contribution in [-0.2, 0) is 4.79 Å². The third-order valence-corrected chi connectivity index (χ3v) is 4.22. The highest BCUT2D eigenvalue weighted by Crippen LogP contribution is 2.25. The van der Waals surface area contributed by atoms with Crippen molar-refractivity contribution in [1.29, 1.82) is 0 Å². The minimum absolute atomic E-state index is 0.107. The third-order valence-electron chi connectivity index (χ3n) is 3.10. The predicted octanol–water partition coefficient (Wildman–Crippen LogP) is 3.52. The molecule has 0 aliphatic rings. The second kappa shape index (κ2) is 8.00. The molecule has 9 heteroatoms. The van der Waals surface area contributed by atoms with Gasteiger partial charge in [0.1, 0.15) is 5.75 Å². The van der Waals surface area contributed by atoms with Gasteiger partial charge in [-0.05, 0) is 36.4 Å². The van der Waals surface area contributed by atoms with Crippen LogP contribution in [0.1, 0.15) is 0 Å². The van der Waals surface area contributed by atoms with Gasteiger partial charge in [-0.1, -0.05) is 23.4 Å². The maximum absolute atomic E-state index is 12.0. The summed E-state index contributed by atoms with van der Waals surface area (Å²) in [5.74, 6) is 0.976. The molecular weight excluding hydrogens is 364 g/mol. The van der Waals surface area contributed by atoms with Crippen molar-refractivity contribution in [2.24, 2.45) is 0 Å². The lowest BCUT2D eigenvalue weighted by Gasteiger charge is -2.04. The monoisotopic (exact) mass is 376 g/mol. The van der Waals surface area contributed by atoms with Gasteiger partial charge < -0.3 is 14.5 Å². The molecule has 0 unspecified atom stereocenters. The van der Waals surface area contributed by atoms with Crippen LogP contribution >= 0.6 is 23.4 Å². The smallest absolute Gasteiger partial charge is 0.277 e. The van der Waals surface area contributed by atoms with Crippen molar-refractivity contribution in [2.75, 3.05) is 18.2 Å². The molecule has 0 spiro atoms. The number of rotatable bonds is 6. The van der Waals surface area contributed by atoms with Gasteiger partial charge in [0, 0.05) is 11.8 Å². The molecular formula is C16H13ClN4O3S. The summed E-state index contributed by atoms with van der Waals surface area (Å²) >= 11 is 7.03. The second-order valence-corrected chi connectivity index (χ2v) is 6.06. The molecule has 0 aliphatic heterocycles. The van der Waals surface area contributed by atoms with Gasteiger partial charge in [0.05, 0.1) is 18.6 Å². The largest absolute Gasteiger partial charge is 0.497 e. The maximum atomic E-state index is 12.0. The van der Waals surface area contributed by atoms with E-state index in [-0.39, 0.29) is 16.8 Å². The molecule has 0 fully saturated rings. The number of aromatic nitrogens is 3. The zero-order chi connectivity index (χ0) is 17.6. The molecule has 7 nitrogen and oxygen atoms in total. The third kappa shape index (κ3) is 4.49. The fourth-order valence-corrected chi connectivity index (χ4v) is 2.64. The van der Waals surface area contributed by atoms with Gasteiger partial charge in [-0.25, -0.2) is 4.98 Å². The fourth-order valence-electron chi connectivity index (χ4n) is 1.91. The average molecular weight is 377 g/mol. The molecule has 0 saturated carbocycles. The number of nitrogens with zero attached hydrogens (tertiary/aromatic N) is 3. The number of pyridine rings is 1. The van der Waals surface area contributed by atoms with E-state index in [1.165, 1.54) is 0 Å². The maximum Gasteiger partial charge on any atom is 0.277 e. The Labute approximate surface area is 152 Å². The predicted molar refractivity (Wildman–Crippen MR) is 94.9 cm³/mol. The highest BCUT2D eigenvalue weighted by atomic mass is 35.5. The first-order valence-corrected chi connectivity index (χ1v) is 8.53. The molecule has 0 saturated heterocycles. The Kier molecular flexibility index (Phi) is 5.52. The number of hydrogen-bond acceptors (Lipinski definition) is 7.